The van der Waals surface area contributed by atoms with E-state index in [9.17, 15) is 4.39 Å². The number of hydrogen-bond acceptors (Lipinski definition) is 7. The fourth-order valence-electron chi connectivity index (χ4n) is 2.55. The molecule has 1 aliphatic carbocycles. The SMILES string of the molecule is C=CCNc1nc(C)c(-c2nc(C3(N)C=CC=C(N)C3)ncc2F)s1. The van der Waals surface area contributed by atoms with Gasteiger partial charge in [-0.15, -0.1) is 6.58 Å². The zero-order valence-corrected chi connectivity index (χ0v) is 14.6. The number of rotatable bonds is 5. The number of nitrogens with zero attached hydrogens (tertiary/aromatic N) is 3. The van der Waals surface area contributed by atoms with Gasteiger partial charge in [-0.1, -0.05) is 29.6 Å². The van der Waals surface area contributed by atoms with Crippen LogP contribution in [0.25, 0.3) is 10.6 Å². The van der Waals surface area contributed by atoms with E-state index in [1.807, 2.05) is 6.92 Å². The minimum absolute atomic E-state index is 0.193. The molecule has 1 atom stereocenters. The van der Waals surface area contributed by atoms with E-state index in [4.69, 9.17) is 11.5 Å². The predicted octanol–water partition coefficient (Wildman–Crippen LogP) is 2.60. The minimum atomic E-state index is -0.955. The topological polar surface area (TPSA) is 103 Å². The smallest absolute Gasteiger partial charge is 0.183 e. The van der Waals surface area contributed by atoms with Crippen LogP contribution in [0, 0.1) is 12.7 Å². The van der Waals surface area contributed by atoms with E-state index in [1.165, 1.54) is 11.3 Å². The molecular formula is C17H19FN6S. The molecule has 0 saturated heterocycles. The van der Waals surface area contributed by atoms with E-state index >= 15 is 0 Å². The highest BCUT2D eigenvalue weighted by molar-refractivity contribution is 7.19. The summed E-state index contributed by atoms with van der Waals surface area (Å²) in [5.74, 6) is -0.192. The van der Waals surface area contributed by atoms with Crippen molar-refractivity contribution in [2.24, 2.45) is 11.5 Å². The third-order valence-corrected chi connectivity index (χ3v) is 4.89. The molecule has 2 heterocycles. The molecule has 0 radical (unpaired) electrons. The molecule has 5 N–H and O–H groups in total. The first-order valence-corrected chi connectivity index (χ1v) is 8.53. The van der Waals surface area contributed by atoms with E-state index < -0.39 is 11.4 Å². The van der Waals surface area contributed by atoms with Gasteiger partial charge in [0.1, 0.15) is 11.2 Å². The lowest BCUT2D eigenvalue weighted by Gasteiger charge is -2.27. The average molecular weight is 358 g/mol. The molecule has 3 rings (SSSR count). The first-order valence-electron chi connectivity index (χ1n) is 7.71. The summed E-state index contributed by atoms with van der Waals surface area (Å²) in [7, 11) is 0. The molecule has 0 saturated carbocycles. The summed E-state index contributed by atoms with van der Waals surface area (Å²) in [4.78, 5) is 13.5. The van der Waals surface area contributed by atoms with Crippen molar-refractivity contribution in [3.05, 3.63) is 60.1 Å². The fraction of sp³-hybridized carbons (Fsp3) is 0.235. The van der Waals surface area contributed by atoms with Gasteiger partial charge >= 0.3 is 0 Å². The molecule has 0 amide bonds. The van der Waals surface area contributed by atoms with Gasteiger partial charge in [-0.25, -0.2) is 19.3 Å². The summed E-state index contributed by atoms with van der Waals surface area (Å²) < 4.78 is 14.4. The van der Waals surface area contributed by atoms with Gasteiger partial charge in [-0.3, -0.25) is 0 Å². The quantitative estimate of drug-likeness (QED) is 0.710. The second-order valence-electron chi connectivity index (χ2n) is 5.81. The highest BCUT2D eigenvalue weighted by Gasteiger charge is 2.31. The molecule has 1 unspecified atom stereocenters. The maximum Gasteiger partial charge on any atom is 0.183 e. The molecule has 1 aliphatic rings. The van der Waals surface area contributed by atoms with Crippen molar-refractivity contribution < 1.29 is 4.39 Å². The van der Waals surface area contributed by atoms with Gasteiger partial charge in [-0.05, 0) is 13.0 Å². The Bertz CT molecular complexity index is 872. The monoisotopic (exact) mass is 358 g/mol. The van der Waals surface area contributed by atoms with Crippen molar-refractivity contribution in [2.45, 2.75) is 18.9 Å². The van der Waals surface area contributed by atoms with Gasteiger partial charge in [0.05, 0.1) is 16.8 Å². The second-order valence-corrected chi connectivity index (χ2v) is 6.81. The van der Waals surface area contributed by atoms with Crippen LogP contribution in [0.5, 0.6) is 0 Å². The van der Waals surface area contributed by atoms with Gasteiger partial charge < -0.3 is 16.8 Å². The molecule has 0 bridgehead atoms. The van der Waals surface area contributed by atoms with Crippen molar-refractivity contribution in [1.82, 2.24) is 15.0 Å². The van der Waals surface area contributed by atoms with E-state index in [2.05, 4.69) is 26.8 Å². The highest BCUT2D eigenvalue weighted by atomic mass is 32.1. The second kappa shape index (κ2) is 6.73. The third-order valence-electron chi connectivity index (χ3n) is 3.77. The molecule has 130 valence electrons. The number of allylic oxidation sites excluding steroid dienone is 2. The van der Waals surface area contributed by atoms with Crippen LogP contribution in [-0.2, 0) is 5.54 Å². The molecule has 0 fully saturated rings. The van der Waals surface area contributed by atoms with Crippen LogP contribution in [0.2, 0.25) is 0 Å². The Hall–Kier alpha value is -2.58. The summed E-state index contributed by atoms with van der Waals surface area (Å²) in [6, 6.07) is 0. The van der Waals surface area contributed by atoms with Crippen LogP contribution < -0.4 is 16.8 Å². The van der Waals surface area contributed by atoms with E-state index in [-0.39, 0.29) is 5.69 Å². The van der Waals surface area contributed by atoms with Crippen molar-refractivity contribution in [1.29, 1.82) is 0 Å². The van der Waals surface area contributed by atoms with Crippen molar-refractivity contribution in [3.8, 4) is 10.6 Å². The minimum Gasteiger partial charge on any atom is -0.402 e. The number of thiazole rings is 1. The van der Waals surface area contributed by atoms with Gasteiger partial charge in [0.25, 0.3) is 0 Å². The van der Waals surface area contributed by atoms with Gasteiger partial charge in [-0.2, -0.15) is 0 Å². The summed E-state index contributed by atoms with van der Waals surface area (Å²) in [5.41, 5.74) is 12.8. The summed E-state index contributed by atoms with van der Waals surface area (Å²) in [6.07, 6.45) is 8.57. The van der Waals surface area contributed by atoms with Crippen molar-refractivity contribution in [2.75, 3.05) is 11.9 Å². The first kappa shape index (κ1) is 17.2. The highest BCUT2D eigenvalue weighted by Crippen LogP contribution is 2.34. The van der Waals surface area contributed by atoms with Crippen LogP contribution in [0.15, 0.2) is 42.8 Å². The van der Waals surface area contributed by atoms with Gasteiger partial charge in [0, 0.05) is 18.7 Å². The van der Waals surface area contributed by atoms with E-state index in [0.29, 0.717) is 40.2 Å². The average Bonchev–Trinajstić information content (AvgIpc) is 2.93. The molecular weight excluding hydrogens is 339 g/mol. The Balaban J connectivity index is 2.01. The molecule has 2 aromatic heterocycles. The van der Waals surface area contributed by atoms with E-state index in [1.54, 1.807) is 24.3 Å². The number of nitrogens with two attached hydrogens (primary N) is 2. The molecule has 2 aromatic rings. The number of aryl methyl sites for hydroxylation is 1. The predicted molar refractivity (Wildman–Crippen MR) is 98.4 cm³/mol. The Morgan fingerprint density at radius 1 is 1.48 bits per heavy atom. The number of hydrogen-bond donors (Lipinski definition) is 3. The third kappa shape index (κ3) is 3.45. The zero-order valence-electron chi connectivity index (χ0n) is 13.8. The van der Waals surface area contributed by atoms with Gasteiger partial charge in [0.2, 0.25) is 0 Å². The Morgan fingerprint density at radius 2 is 2.28 bits per heavy atom. The number of halogens is 1. The Morgan fingerprint density at radius 3 is 3.00 bits per heavy atom. The lowest BCUT2D eigenvalue weighted by molar-refractivity contribution is 0.502. The lowest BCUT2D eigenvalue weighted by Crippen LogP contribution is -2.39. The molecule has 0 aliphatic heterocycles. The Kier molecular flexibility index (Phi) is 4.65. The number of anilines is 1. The summed E-state index contributed by atoms with van der Waals surface area (Å²) in [6.45, 7) is 6.04. The largest absolute Gasteiger partial charge is 0.402 e. The number of aromatic nitrogens is 3. The van der Waals surface area contributed by atoms with Crippen LogP contribution in [-0.4, -0.2) is 21.5 Å². The first-order chi connectivity index (χ1) is 11.9. The van der Waals surface area contributed by atoms with Crippen LogP contribution in [0.1, 0.15) is 17.9 Å². The van der Waals surface area contributed by atoms with Crippen molar-refractivity contribution >= 4 is 16.5 Å². The van der Waals surface area contributed by atoms with Crippen LogP contribution in [0.4, 0.5) is 9.52 Å². The standard InChI is InChI=1S/C17H19FN6S/c1-3-7-21-16-23-10(2)14(25-16)13-12(18)9-22-15(24-13)17(20)6-4-5-11(19)8-17/h3-6,9H,1,7-8,19-20H2,2H3,(H,21,23). The molecule has 0 aromatic carbocycles. The normalized spacial score (nSPS) is 19.6. The maximum absolute atomic E-state index is 14.4. The van der Waals surface area contributed by atoms with Crippen LogP contribution >= 0.6 is 11.3 Å². The molecule has 8 heteroatoms. The van der Waals surface area contributed by atoms with E-state index in [0.717, 1.165) is 6.20 Å². The zero-order chi connectivity index (χ0) is 18.0. The summed E-state index contributed by atoms with van der Waals surface area (Å²) in [5, 5.41) is 3.78. The van der Waals surface area contributed by atoms with Gasteiger partial charge in [0.15, 0.2) is 16.8 Å². The fourth-order valence-corrected chi connectivity index (χ4v) is 3.52. The lowest BCUT2D eigenvalue weighted by atomic mass is 9.89. The number of nitrogens with one attached hydrogen (secondary N) is 1. The molecule has 0 spiro atoms. The summed E-state index contributed by atoms with van der Waals surface area (Å²) >= 11 is 1.33. The van der Waals surface area contributed by atoms with Crippen LogP contribution in [0.3, 0.4) is 0 Å². The Labute approximate surface area is 149 Å². The van der Waals surface area contributed by atoms with Crippen molar-refractivity contribution in [3.63, 3.8) is 0 Å². The maximum atomic E-state index is 14.4. The molecule has 25 heavy (non-hydrogen) atoms. The molecule has 6 nitrogen and oxygen atoms in total.